The maximum Gasteiger partial charge on any atom is 0.263 e. The highest BCUT2D eigenvalue weighted by Gasteiger charge is 2.17. The van der Waals surface area contributed by atoms with E-state index in [1.54, 1.807) is 22.0 Å². The molecule has 0 fully saturated rings. The van der Waals surface area contributed by atoms with Crippen LogP contribution in [-0.2, 0) is 18.7 Å². The first kappa shape index (κ1) is 18.8. The zero-order valence-corrected chi connectivity index (χ0v) is 17.0. The first-order chi connectivity index (χ1) is 12.4. The summed E-state index contributed by atoms with van der Waals surface area (Å²) in [5, 5.41) is 5.36. The number of rotatable bonds is 7. The number of aryl methyl sites for hydroxylation is 2. The number of fused-ring (bicyclic) bond motifs is 1. The summed E-state index contributed by atoms with van der Waals surface area (Å²) in [6.45, 7) is 12.4. The van der Waals surface area contributed by atoms with E-state index < -0.39 is 0 Å². The molecule has 6 nitrogen and oxygen atoms in total. The Kier molecular flexibility index (Phi) is 5.62. The molecule has 0 aliphatic rings. The molecule has 0 saturated carbocycles. The second-order valence-corrected chi connectivity index (χ2v) is 8.70. The first-order valence-electron chi connectivity index (χ1n) is 8.46. The topological polar surface area (TPSA) is 73.8 Å². The molecule has 0 saturated heterocycles. The van der Waals surface area contributed by atoms with E-state index >= 15 is 0 Å². The Balaban J connectivity index is 1.91. The van der Waals surface area contributed by atoms with Crippen LogP contribution in [0, 0.1) is 19.8 Å². The third-order valence-corrected chi connectivity index (χ3v) is 6.05. The molecule has 0 N–H and O–H groups in total. The van der Waals surface area contributed by atoms with Crippen molar-refractivity contribution >= 4 is 33.3 Å². The van der Waals surface area contributed by atoms with Gasteiger partial charge in [-0.15, -0.1) is 17.9 Å². The van der Waals surface area contributed by atoms with E-state index in [0.29, 0.717) is 40.5 Å². The Labute approximate surface area is 160 Å². The minimum Gasteiger partial charge on any atom is -0.338 e. The van der Waals surface area contributed by atoms with Gasteiger partial charge < -0.3 is 4.52 Å². The molecule has 138 valence electrons. The van der Waals surface area contributed by atoms with Gasteiger partial charge in [0, 0.05) is 17.8 Å². The molecule has 8 heteroatoms. The summed E-state index contributed by atoms with van der Waals surface area (Å²) in [7, 11) is 0. The van der Waals surface area contributed by atoms with Gasteiger partial charge in [0.05, 0.1) is 11.1 Å². The molecule has 0 aliphatic heterocycles. The van der Waals surface area contributed by atoms with Crippen LogP contribution in [0.25, 0.3) is 10.2 Å². The van der Waals surface area contributed by atoms with Crippen LogP contribution in [0.1, 0.15) is 36.0 Å². The quantitative estimate of drug-likeness (QED) is 0.343. The summed E-state index contributed by atoms with van der Waals surface area (Å²) in [6, 6.07) is 0. The minimum absolute atomic E-state index is 0.0229. The highest BCUT2D eigenvalue weighted by atomic mass is 32.2. The zero-order valence-electron chi connectivity index (χ0n) is 15.4. The molecule has 0 spiro atoms. The van der Waals surface area contributed by atoms with E-state index in [0.717, 1.165) is 21.7 Å². The Morgan fingerprint density at radius 3 is 2.81 bits per heavy atom. The fourth-order valence-corrected chi connectivity index (χ4v) is 4.55. The van der Waals surface area contributed by atoms with Gasteiger partial charge in [-0.3, -0.25) is 9.36 Å². The van der Waals surface area contributed by atoms with Crippen LogP contribution >= 0.6 is 23.1 Å². The molecule has 0 bridgehead atoms. The fourth-order valence-electron chi connectivity index (χ4n) is 2.63. The molecule has 0 aromatic carbocycles. The molecule has 0 aliphatic carbocycles. The Hall–Kier alpha value is -1.93. The molecule has 3 rings (SSSR count). The zero-order chi connectivity index (χ0) is 18.8. The van der Waals surface area contributed by atoms with Crippen LogP contribution in [0.2, 0.25) is 0 Å². The summed E-state index contributed by atoms with van der Waals surface area (Å²) in [5.74, 6) is 2.21. The van der Waals surface area contributed by atoms with E-state index in [1.165, 1.54) is 11.8 Å². The van der Waals surface area contributed by atoms with Gasteiger partial charge in [0.1, 0.15) is 4.83 Å². The highest BCUT2D eigenvalue weighted by Crippen LogP contribution is 2.29. The third-order valence-electron chi connectivity index (χ3n) is 3.99. The minimum atomic E-state index is -0.0229. The molecule has 0 unspecified atom stereocenters. The lowest BCUT2D eigenvalue weighted by molar-refractivity contribution is 0.382. The van der Waals surface area contributed by atoms with Gasteiger partial charge in [0.2, 0.25) is 5.89 Å². The number of thiophene rings is 1. The number of hydrogen-bond acceptors (Lipinski definition) is 7. The van der Waals surface area contributed by atoms with Crippen LogP contribution in [-0.4, -0.2) is 19.7 Å². The van der Waals surface area contributed by atoms with Gasteiger partial charge >= 0.3 is 0 Å². The molecule has 3 aromatic heterocycles. The Morgan fingerprint density at radius 1 is 1.35 bits per heavy atom. The summed E-state index contributed by atoms with van der Waals surface area (Å²) >= 11 is 2.98. The number of thioether (sulfide) groups is 1. The molecule has 26 heavy (non-hydrogen) atoms. The highest BCUT2D eigenvalue weighted by molar-refractivity contribution is 7.98. The van der Waals surface area contributed by atoms with Crippen molar-refractivity contribution in [1.82, 2.24) is 19.7 Å². The Morgan fingerprint density at radius 2 is 2.12 bits per heavy atom. The van der Waals surface area contributed by atoms with E-state index in [2.05, 4.69) is 30.6 Å². The van der Waals surface area contributed by atoms with Crippen molar-refractivity contribution in [3.8, 4) is 0 Å². The predicted octanol–water partition coefficient (Wildman–Crippen LogP) is 4.13. The third kappa shape index (κ3) is 3.76. The van der Waals surface area contributed by atoms with Crippen LogP contribution in [0.5, 0.6) is 0 Å². The molecule has 3 heterocycles. The van der Waals surface area contributed by atoms with Crippen LogP contribution < -0.4 is 5.56 Å². The van der Waals surface area contributed by atoms with E-state index in [4.69, 9.17) is 9.51 Å². The van der Waals surface area contributed by atoms with Crippen molar-refractivity contribution in [3.05, 3.63) is 45.2 Å². The lowest BCUT2D eigenvalue weighted by Gasteiger charge is -2.09. The van der Waals surface area contributed by atoms with Gasteiger partial charge in [-0.25, -0.2) is 4.98 Å². The van der Waals surface area contributed by atoms with Crippen LogP contribution in [0.15, 0.2) is 27.1 Å². The average Bonchev–Trinajstić information content (AvgIpc) is 3.13. The molecule has 0 amide bonds. The number of allylic oxidation sites excluding steroid dienone is 1. The van der Waals surface area contributed by atoms with E-state index in [9.17, 15) is 4.79 Å². The maximum absolute atomic E-state index is 12.9. The maximum atomic E-state index is 12.9. The first-order valence-corrected chi connectivity index (χ1v) is 10.3. The van der Waals surface area contributed by atoms with Crippen molar-refractivity contribution in [1.29, 1.82) is 0 Å². The smallest absolute Gasteiger partial charge is 0.263 e. The Bertz CT molecular complexity index is 1000. The van der Waals surface area contributed by atoms with Gasteiger partial charge in [-0.1, -0.05) is 36.8 Å². The van der Waals surface area contributed by atoms with Gasteiger partial charge in [0.25, 0.3) is 5.56 Å². The molecule has 3 aromatic rings. The van der Waals surface area contributed by atoms with E-state index in [1.807, 2.05) is 13.8 Å². The standard InChI is InChI=1S/C18H22N4O2S2/c1-6-7-22-17(23)15-11(4)12(5)26-16(15)20-18(22)25-9-14-19-13(21-24-14)8-10(2)3/h6,10H,1,7-9H2,2-5H3. The molecule has 0 radical (unpaired) electrons. The lowest BCUT2D eigenvalue weighted by atomic mass is 10.1. The number of nitrogens with zero attached hydrogens (tertiary/aromatic N) is 4. The predicted molar refractivity (Wildman–Crippen MR) is 106 cm³/mol. The summed E-state index contributed by atoms with van der Waals surface area (Å²) in [6.07, 6.45) is 2.49. The summed E-state index contributed by atoms with van der Waals surface area (Å²) in [5.41, 5.74) is 0.984. The monoisotopic (exact) mass is 390 g/mol. The van der Waals surface area contributed by atoms with Crippen molar-refractivity contribution in [2.45, 2.75) is 51.6 Å². The van der Waals surface area contributed by atoms with Gasteiger partial charge in [-0.2, -0.15) is 4.98 Å². The summed E-state index contributed by atoms with van der Waals surface area (Å²) in [4.78, 5) is 23.9. The van der Waals surface area contributed by atoms with E-state index in [-0.39, 0.29) is 5.56 Å². The van der Waals surface area contributed by atoms with Crippen molar-refractivity contribution < 1.29 is 4.52 Å². The molecule has 0 atom stereocenters. The fraction of sp³-hybridized carbons (Fsp3) is 0.444. The normalized spacial score (nSPS) is 11.6. The average molecular weight is 391 g/mol. The van der Waals surface area contributed by atoms with Crippen molar-refractivity contribution in [3.63, 3.8) is 0 Å². The molecular formula is C18H22N4O2S2. The number of aromatic nitrogens is 4. The summed E-state index contributed by atoms with van der Waals surface area (Å²) < 4.78 is 6.97. The SMILES string of the molecule is C=CCn1c(SCc2nc(CC(C)C)no2)nc2sc(C)c(C)c2c1=O. The van der Waals surface area contributed by atoms with Crippen LogP contribution in [0.3, 0.4) is 0 Å². The van der Waals surface area contributed by atoms with Gasteiger partial charge in [0.15, 0.2) is 11.0 Å². The van der Waals surface area contributed by atoms with Crippen molar-refractivity contribution in [2.75, 3.05) is 0 Å². The van der Waals surface area contributed by atoms with Gasteiger partial charge in [-0.05, 0) is 25.3 Å². The second kappa shape index (κ2) is 7.75. The largest absolute Gasteiger partial charge is 0.338 e. The van der Waals surface area contributed by atoms with Crippen LogP contribution in [0.4, 0.5) is 0 Å². The van der Waals surface area contributed by atoms with Crippen molar-refractivity contribution in [2.24, 2.45) is 5.92 Å². The molecular weight excluding hydrogens is 368 g/mol. The second-order valence-electron chi connectivity index (χ2n) is 6.55. The lowest BCUT2D eigenvalue weighted by Crippen LogP contribution is -2.22. The number of hydrogen-bond donors (Lipinski definition) is 0.